The highest BCUT2D eigenvalue weighted by atomic mass is 32.2. The standard InChI is InChI=1S/C33H40F2O8S2/c1-22(2)30(39-7)43-26-12-18-29(19-13-26)44(27-14-8-24(9-15-27)32(6)21-40-31(4,5)20-41-32)28-16-10-25(11-17-28)42-23(3)33(34,35)45(36,37)38/h8-19,22-23,30H,20-21H2,1-7H3/p+1. The molecule has 0 aromatic heterocycles. The van der Waals surface area contributed by atoms with Gasteiger partial charge in [-0.2, -0.15) is 17.2 Å². The van der Waals surface area contributed by atoms with Gasteiger partial charge in [-0.25, -0.2) is 0 Å². The van der Waals surface area contributed by atoms with Gasteiger partial charge in [-0.05, 0) is 93.9 Å². The molecule has 0 radical (unpaired) electrons. The molecule has 4 atom stereocenters. The minimum Gasteiger partial charge on any atom is -0.483 e. The molecule has 0 amide bonds. The van der Waals surface area contributed by atoms with Crippen LogP contribution in [0.3, 0.4) is 0 Å². The number of hydrogen-bond donors (Lipinski definition) is 1. The molecule has 1 aliphatic rings. The molecule has 8 nitrogen and oxygen atoms in total. The largest absolute Gasteiger partial charge is 0.483 e. The van der Waals surface area contributed by atoms with Crippen molar-refractivity contribution in [3.63, 3.8) is 0 Å². The van der Waals surface area contributed by atoms with Crippen molar-refractivity contribution in [3.8, 4) is 11.5 Å². The number of alkyl halides is 2. The zero-order valence-corrected chi connectivity index (χ0v) is 28.1. The van der Waals surface area contributed by atoms with Crippen molar-refractivity contribution in [2.24, 2.45) is 5.92 Å². The highest BCUT2D eigenvalue weighted by Gasteiger charge is 2.51. The maximum atomic E-state index is 14.1. The fourth-order valence-electron chi connectivity index (χ4n) is 4.65. The van der Waals surface area contributed by atoms with Crippen LogP contribution in [0.2, 0.25) is 0 Å². The average molecular weight is 668 g/mol. The summed E-state index contributed by atoms with van der Waals surface area (Å²) in [5.41, 5.74) is 0.0291. The number of benzene rings is 3. The summed E-state index contributed by atoms with van der Waals surface area (Å²) in [5, 5.41) is -4.47. The molecule has 1 heterocycles. The van der Waals surface area contributed by atoms with Crippen molar-refractivity contribution in [1.29, 1.82) is 0 Å². The van der Waals surface area contributed by atoms with Gasteiger partial charge in [0.05, 0.1) is 29.7 Å². The maximum Gasteiger partial charge on any atom is 0.405 e. The van der Waals surface area contributed by atoms with Gasteiger partial charge in [0.15, 0.2) is 20.8 Å². The molecule has 3 aromatic rings. The molecule has 4 rings (SSSR count). The zero-order chi connectivity index (χ0) is 33.2. The van der Waals surface area contributed by atoms with Crippen LogP contribution in [0.4, 0.5) is 8.78 Å². The number of rotatable bonds is 12. The Bertz CT molecular complexity index is 1520. The van der Waals surface area contributed by atoms with Crippen molar-refractivity contribution in [1.82, 2.24) is 0 Å². The number of ether oxygens (including phenoxy) is 5. The van der Waals surface area contributed by atoms with Gasteiger partial charge in [0.2, 0.25) is 6.29 Å². The molecule has 3 aromatic carbocycles. The van der Waals surface area contributed by atoms with Gasteiger partial charge in [0.1, 0.15) is 17.1 Å². The van der Waals surface area contributed by atoms with E-state index in [0.29, 0.717) is 19.0 Å². The summed E-state index contributed by atoms with van der Waals surface area (Å²) < 4.78 is 88.3. The van der Waals surface area contributed by atoms with Crippen LogP contribution in [-0.2, 0) is 40.8 Å². The third kappa shape index (κ3) is 8.16. The number of hydrogen-bond acceptors (Lipinski definition) is 7. The summed E-state index contributed by atoms with van der Waals surface area (Å²) >= 11 is 0. The summed E-state index contributed by atoms with van der Waals surface area (Å²) in [6.07, 6.45) is -2.51. The van der Waals surface area contributed by atoms with Crippen molar-refractivity contribution >= 4 is 21.0 Å². The Kier molecular flexibility index (Phi) is 10.6. The van der Waals surface area contributed by atoms with E-state index in [1.807, 2.05) is 83.1 Å². The summed E-state index contributed by atoms with van der Waals surface area (Å²) in [5.74, 6) is 0.831. The molecule has 1 saturated heterocycles. The molecular weight excluding hydrogens is 626 g/mol. The van der Waals surface area contributed by atoms with Crippen molar-refractivity contribution < 1.29 is 45.4 Å². The molecule has 246 valence electrons. The summed E-state index contributed by atoms with van der Waals surface area (Å²) in [6, 6.07) is 22.3. The maximum absolute atomic E-state index is 14.1. The van der Waals surface area contributed by atoms with Gasteiger partial charge >= 0.3 is 15.4 Å². The lowest BCUT2D eigenvalue weighted by molar-refractivity contribution is -0.221. The minimum atomic E-state index is -5.65. The fourth-order valence-corrected chi connectivity index (χ4v) is 7.16. The molecule has 45 heavy (non-hydrogen) atoms. The Morgan fingerprint density at radius 1 is 0.800 bits per heavy atom. The molecule has 1 aliphatic heterocycles. The van der Waals surface area contributed by atoms with Gasteiger partial charge in [-0.15, -0.1) is 0 Å². The molecule has 1 N–H and O–H groups in total. The summed E-state index contributed by atoms with van der Waals surface area (Å²) in [4.78, 5) is 2.82. The number of methoxy groups -OCH3 is 1. The Hall–Kier alpha value is -2.74. The van der Waals surface area contributed by atoms with E-state index in [1.54, 1.807) is 19.2 Å². The van der Waals surface area contributed by atoms with Crippen LogP contribution < -0.4 is 9.47 Å². The topological polar surface area (TPSA) is 101 Å². The Morgan fingerprint density at radius 3 is 1.67 bits per heavy atom. The molecule has 0 spiro atoms. The van der Waals surface area contributed by atoms with Gasteiger partial charge in [-0.1, -0.05) is 26.0 Å². The Morgan fingerprint density at radius 2 is 1.27 bits per heavy atom. The highest BCUT2D eigenvalue weighted by Crippen LogP contribution is 2.38. The molecule has 12 heteroatoms. The lowest BCUT2D eigenvalue weighted by atomic mass is 9.94. The van der Waals surface area contributed by atoms with Crippen LogP contribution in [0.1, 0.15) is 47.1 Å². The molecule has 0 bridgehead atoms. The van der Waals surface area contributed by atoms with Crippen molar-refractivity contribution in [3.05, 3.63) is 78.4 Å². The van der Waals surface area contributed by atoms with E-state index in [1.165, 1.54) is 12.1 Å². The summed E-state index contributed by atoms with van der Waals surface area (Å²) in [7, 11) is -4.68. The molecular formula is C33H41F2O8S2+. The van der Waals surface area contributed by atoms with Crippen molar-refractivity contribution in [2.45, 2.75) is 85.1 Å². The van der Waals surface area contributed by atoms with Gasteiger partial charge in [-0.3, -0.25) is 4.55 Å². The third-order valence-corrected chi connectivity index (χ3v) is 10.7. The average Bonchev–Trinajstić information content (AvgIpc) is 2.99. The first kappa shape index (κ1) is 35.1. The van der Waals surface area contributed by atoms with E-state index < -0.39 is 44.3 Å². The fraction of sp³-hybridized carbons (Fsp3) is 0.455. The normalized spacial score (nSPS) is 20.8. The van der Waals surface area contributed by atoms with Gasteiger partial charge in [0.25, 0.3) is 0 Å². The van der Waals surface area contributed by atoms with E-state index in [4.69, 9.17) is 28.2 Å². The molecule has 1 fully saturated rings. The smallest absolute Gasteiger partial charge is 0.405 e. The van der Waals surface area contributed by atoms with Crippen LogP contribution >= 0.6 is 0 Å². The second-order valence-corrected chi connectivity index (χ2v) is 15.6. The Balaban J connectivity index is 1.65. The third-order valence-electron chi connectivity index (χ3n) is 7.46. The second kappa shape index (κ2) is 13.5. The predicted molar refractivity (Wildman–Crippen MR) is 168 cm³/mol. The molecule has 0 aliphatic carbocycles. The quantitative estimate of drug-likeness (QED) is 0.124. The van der Waals surface area contributed by atoms with E-state index >= 15 is 0 Å². The van der Waals surface area contributed by atoms with Gasteiger partial charge in [0, 0.05) is 13.0 Å². The van der Waals surface area contributed by atoms with Crippen LogP contribution in [-0.4, -0.2) is 56.5 Å². The van der Waals surface area contributed by atoms with Crippen LogP contribution in [0.25, 0.3) is 0 Å². The second-order valence-electron chi connectivity index (χ2n) is 12.1. The monoisotopic (exact) mass is 667 g/mol. The van der Waals surface area contributed by atoms with Crippen molar-refractivity contribution in [2.75, 3.05) is 20.3 Å². The predicted octanol–water partition coefficient (Wildman–Crippen LogP) is 7.08. The SMILES string of the molecule is COC(Oc1ccc([S+](c2ccc(OC(C)C(F)(F)S(=O)(=O)O)cc2)c2ccc(C3(C)COC(C)(C)CO3)cc2)cc1)C(C)C. The lowest BCUT2D eigenvalue weighted by Gasteiger charge is -2.41. The molecule has 4 unspecified atom stereocenters. The van der Waals surface area contributed by atoms with Crippen LogP contribution in [0.5, 0.6) is 11.5 Å². The zero-order valence-electron chi connectivity index (χ0n) is 26.5. The molecule has 0 saturated carbocycles. The van der Waals surface area contributed by atoms with E-state index in [-0.39, 0.29) is 17.3 Å². The van der Waals surface area contributed by atoms with Crippen LogP contribution in [0, 0.1) is 5.92 Å². The van der Waals surface area contributed by atoms with Crippen LogP contribution in [0.15, 0.2) is 87.5 Å². The lowest BCUT2D eigenvalue weighted by Crippen LogP contribution is -2.47. The number of halogens is 2. The Labute approximate surface area is 267 Å². The van der Waals surface area contributed by atoms with E-state index in [0.717, 1.165) is 27.2 Å². The first-order valence-electron chi connectivity index (χ1n) is 14.5. The first-order valence-corrected chi connectivity index (χ1v) is 17.2. The minimum absolute atomic E-state index is 0.0295. The van der Waals surface area contributed by atoms with E-state index in [2.05, 4.69) is 0 Å². The van der Waals surface area contributed by atoms with Gasteiger partial charge < -0.3 is 23.7 Å². The first-order chi connectivity index (χ1) is 21.0. The van der Waals surface area contributed by atoms with E-state index in [9.17, 15) is 17.2 Å². The highest BCUT2D eigenvalue weighted by molar-refractivity contribution is 7.97. The summed E-state index contributed by atoms with van der Waals surface area (Å²) in [6.45, 7) is 11.8.